The van der Waals surface area contributed by atoms with E-state index in [-0.39, 0.29) is 0 Å². The topological polar surface area (TPSA) is 57.0 Å². The number of ether oxygens (including phenoxy) is 2. The second-order valence-corrected chi connectivity index (χ2v) is 1.58. The molecule has 0 unspecified atom stereocenters. The van der Waals surface area contributed by atoms with Gasteiger partial charge in [-0.25, -0.2) is 16.2 Å². The van der Waals surface area contributed by atoms with E-state index in [2.05, 4.69) is 14.3 Å². The summed E-state index contributed by atoms with van der Waals surface area (Å²) < 4.78 is 8.35. The van der Waals surface area contributed by atoms with Crippen LogP contribution in [0.1, 0.15) is 0 Å². The number of hydrogen-bond donors (Lipinski definition) is 0. The van der Waals surface area contributed by atoms with Crippen molar-refractivity contribution in [2.24, 2.45) is 0 Å². The van der Waals surface area contributed by atoms with Gasteiger partial charge in [-0.15, -0.1) is 0 Å². The minimum Gasteiger partial charge on any atom is -0.463 e. The van der Waals surface area contributed by atoms with Crippen molar-refractivity contribution in [1.29, 1.82) is 0 Å². The van der Waals surface area contributed by atoms with Gasteiger partial charge >= 0.3 is 18.0 Å². The maximum absolute atomic E-state index is 10.6. The van der Waals surface area contributed by atoms with Crippen LogP contribution < -0.4 is 0 Å². The zero-order chi connectivity index (χ0) is 8.85. The van der Waals surface area contributed by atoms with E-state index in [1.54, 1.807) is 0 Å². The number of rotatable bonds is 2. The highest BCUT2D eigenvalue weighted by Gasteiger charge is 2.34. The van der Waals surface area contributed by atoms with E-state index < -0.39 is 18.0 Å². The van der Waals surface area contributed by atoms with E-state index in [1.165, 1.54) is 0 Å². The van der Waals surface area contributed by atoms with Crippen LogP contribution in [0.2, 0.25) is 0 Å². The van der Waals surface area contributed by atoms with Gasteiger partial charge in [0.25, 0.3) is 0 Å². The Morgan fingerprint density at radius 1 is 1.27 bits per heavy atom. The van der Waals surface area contributed by atoms with E-state index in [1.807, 2.05) is 0 Å². The lowest BCUT2D eigenvalue weighted by molar-refractivity contribution is -0.152. The lowest BCUT2D eigenvalue weighted by atomic mass is 10.3. The fourth-order valence-corrected chi connectivity index (χ4v) is 0.425. The minimum absolute atomic E-state index is 0.896. The van der Waals surface area contributed by atoms with Crippen LogP contribution in [-0.4, -0.2) is 32.2 Å². The van der Waals surface area contributed by atoms with Crippen molar-refractivity contribution in [3.63, 3.8) is 0 Å². The molecule has 0 amide bonds. The van der Waals surface area contributed by atoms with Gasteiger partial charge in [0, 0.05) is 0 Å². The fraction of sp³-hybridized carbons (Fsp3) is 0.500. The summed E-state index contributed by atoms with van der Waals surface area (Å²) >= 11 is 0. The SMILES string of the molecule is [C-]#[N+]C(C(=O)OC)C(=O)OC. The lowest BCUT2D eigenvalue weighted by Crippen LogP contribution is -2.28. The van der Waals surface area contributed by atoms with Crippen molar-refractivity contribution >= 4 is 11.9 Å². The average Bonchev–Trinajstić information content (AvgIpc) is 2.05. The quantitative estimate of drug-likeness (QED) is 0.311. The molecule has 0 aliphatic heterocycles. The number of esters is 2. The van der Waals surface area contributed by atoms with E-state index in [4.69, 9.17) is 6.57 Å². The summed E-state index contributed by atoms with van der Waals surface area (Å²) in [4.78, 5) is 23.9. The third-order valence-corrected chi connectivity index (χ3v) is 0.978. The van der Waals surface area contributed by atoms with E-state index in [9.17, 15) is 9.59 Å². The Morgan fingerprint density at radius 3 is 1.82 bits per heavy atom. The lowest BCUT2D eigenvalue weighted by Gasteiger charge is -1.99. The van der Waals surface area contributed by atoms with E-state index >= 15 is 0 Å². The monoisotopic (exact) mass is 157 g/mol. The Labute approximate surface area is 63.7 Å². The second-order valence-electron chi connectivity index (χ2n) is 1.58. The van der Waals surface area contributed by atoms with Crippen LogP contribution in [0.3, 0.4) is 0 Å². The van der Waals surface area contributed by atoms with Crippen LogP contribution in [0, 0.1) is 6.57 Å². The van der Waals surface area contributed by atoms with Crippen LogP contribution in [0.25, 0.3) is 4.85 Å². The molecule has 0 saturated carbocycles. The highest BCUT2D eigenvalue weighted by Crippen LogP contribution is 1.96. The van der Waals surface area contributed by atoms with Gasteiger partial charge in [0.1, 0.15) is 0 Å². The minimum atomic E-state index is -1.48. The van der Waals surface area contributed by atoms with Gasteiger partial charge in [0.05, 0.1) is 14.2 Å². The third kappa shape index (κ3) is 2.26. The Hall–Kier alpha value is -1.57. The van der Waals surface area contributed by atoms with Gasteiger partial charge in [0.15, 0.2) is 0 Å². The van der Waals surface area contributed by atoms with Crippen molar-refractivity contribution in [2.45, 2.75) is 6.04 Å². The average molecular weight is 157 g/mol. The molecule has 5 heteroatoms. The summed E-state index contributed by atoms with van der Waals surface area (Å²) in [6.45, 7) is 6.45. The third-order valence-electron chi connectivity index (χ3n) is 0.978. The van der Waals surface area contributed by atoms with Crippen molar-refractivity contribution in [3.05, 3.63) is 11.4 Å². The molecule has 0 radical (unpaired) electrons. The molecule has 0 bridgehead atoms. The molecule has 0 N–H and O–H groups in total. The van der Waals surface area contributed by atoms with Gasteiger partial charge < -0.3 is 9.47 Å². The first-order chi connectivity index (χ1) is 5.17. The van der Waals surface area contributed by atoms with Crippen molar-refractivity contribution in [2.75, 3.05) is 14.2 Å². The molecule has 0 atom stereocenters. The zero-order valence-electron chi connectivity index (χ0n) is 6.16. The fourth-order valence-electron chi connectivity index (χ4n) is 0.425. The number of methoxy groups -OCH3 is 2. The molecule has 11 heavy (non-hydrogen) atoms. The van der Waals surface area contributed by atoms with Gasteiger partial charge in [-0.3, -0.25) is 4.85 Å². The van der Waals surface area contributed by atoms with Crippen LogP contribution in [0.15, 0.2) is 0 Å². The van der Waals surface area contributed by atoms with Gasteiger partial charge in [-0.05, 0) is 0 Å². The Kier molecular flexibility index (Phi) is 3.67. The van der Waals surface area contributed by atoms with Crippen molar-refractivity contribution in [1.82, 2.24) is 0 Å². The normalized spacial score (nSPS) is 8.55. The molecule has 0 rings (SSSR count). The standard InChI is InChI=1S/C6H7NO4/c1-7-4(5(8)10-2)6(9)11-3/h4H,2-3H3. The predicted molar refractivity (Wildman–Crippen MR) is 34.4 cm³/mol. The Morgan fingerprint density at radius 2 is 1.64 bits per heavy atom. The number of carbonyl (C=O) groups excluding carboxylic acids is 2. The Balaban J connectivity index is 4.31. The molecule has 0 heterocycles. The summed E-state index contributed by atoms with van der Waals surface area (Å²) in [7, 11) is 2.20. The second kappa shape index (κ2) is 4.28. The number of nitrogens with zero attached hydrogens (tertiary/aromatic N) is 1. The molecule has 0 aliphatic rings. The first kappa shape index (κ1) is 9.43. The molecule has 5 nitrogen and oxygen atoms in total. The van der Waals surface area contributed by atoms with E-state index in [0.29, 0.717) is 0 Å². The summed E-state index contributed by atoms with van der Waals surface area (Å²) in [5, 5.41) is 0. The molecule has 0 aromatic carbocycles. The molecule has 0 saturated heterocycles. The van der Waals surface area contributed by atoms with Gasteiger partial charge in [-0.2, -0.15) is 0 Å². The number of carbonyl (C=O) groups is 2. The van der Waals surface area contributed by atoms with Crippen molar-refractivity contribution < 1.29 is 19.1 Å². The smallest absolute Gasteiger partial charge is 0.412 e. The summed E-state index contributed by atoms with van der Waals surface area (Å²) in [6, 6.07) is -1.48. The molecule has 0 aromatic heterocycles. The van der Waals surface area contributed by atoms with Crippen LogP contribution in [0.4, 0.5) is 0 Å². The molecule has 0 aliphatic carbocycles. The molecule has 0 spiro atoms. The van der Waals surface area contributed by atoms with Crippen LogP contribution in [0.5, 0.6) is 0 Å². The van der Waals surface area contributed by atoms with Crippen LogP contribution in [-0.2, 0) is 19.1 Å². The summed E-state index contributed by atoms with van der Waals surface area (Å²) in [5.41, 5.74) is 0. The largest absolute Gasteiger partial charge is 0.463 e. The van der Waals surface area contributed by atoms with Crippen molar-refractivity contribution in [3.8, 4) is 0 Å². The summed E-state index contributed by atoms with van der Waals surface area (Å²) in [5.74, 6) is -1.79. The maximum atomic E-state index is 10.6. The maximum Gasteiger partial charge on any atom is 0.412 e. The van der Waals surface area contributed by atoms with Gasteiger partial charge in [-0.1, -0.05) is 0 Å². The van der Waals surface area contributed by atoms with Crippen LogP contribution >= 0.6 is 0 Å². The zero-order valence-corrected chi connectivity index (χ0v) is 6.16. The highest BCUT2D eigenvalue weighted by molar-refractivity contribution is 6.01. The molecular weight excluding hydrogens is 150 g/mol. The molecule has 60 valence electrons. The molecular formula is C6H7NO4. The first-order valence-electron chi connectivity index (χ1n) is 2.69. The van der Waals surface area contributed by atoms with Gasteiger partial charge in [0.2, 0.25) is 0 Å². The van der Waals surface area contributed by atoms with E-state index in [0.717, 1.165) is 14.2 Å². The highest BCUT2D eigenvalue weighted by atomic mass is 16.5. The number of hydrogen-bond acceptors (Lipinski definition) is 4. The molecule has 0 fully saturated rings. The Bertz CT molecular complexity index is 189. The molecule has 0 aromatic rings. The first-order valence-corrected chi connectivity index (χ1v) is 2.69. The summed E-state index contributed by atoms with van der Waals surface area (Å²) in [6.07, 6.45) is 0. The predicted octanol–water partition coefficient (Wildman–Crippen LogP) is -0.380.